The summed E-state index contributed by atoms with van der Waals surface area (Å²) < 4.78 is 4.69. The zero-order valence-corrected chi connectivity index (χ0v) is 17.0. The second-order valence-corrected chi connectivity index (χ2v) is 7.22. The van der Waals surface area contributed by atoms with E-state index in [1.54, 1.807) is 12.1 Å². The Morgan fingerprint density at radius 3 is 2.52 bits per heavy atom. The highest BCUT2D eigenvalue weighted by atomic mass is 16.5. The van der Waals surface area contributed by atoms with Crippen molar-refractivity contribution in [2.75, 3.05) is 39.8 Å². The fourth-order valence-electron chi connectivity index (χ4n) is 3.59. The van der Waals surface area contributed by atoms with Gasteiger partial charge >= 0.3 is 5.97 Å². The van der Waals surface area contributed by atoms with Crippen LogP contribution in [-0.4, -0.2) is 67.6 Å². The van der Waals surface area contributed by atoms with Crippen LogP contribution in [0.15, 0.2) is 24.3 Å². The summed E-state index contributed by atoms with van der Waals surface area (Å²) in [5, 5.41) is 3.01. The molecule has 1 amide bonds. The number of methoxy groups -OCH3 is 1. The maximum absolute atomic E-state index is 12.5. The molecule has 1 aliphatic rings. The van der Waals surface area contributed by atoms with Crippen molar-refractivity contribution in [2.24, 2.45) is 5.92 Å². The average molecular weight is 376 g/mol. The van der Waals surface area contributed by atoms with E-state index in [1.165, 1.54) is 7.11 Å². The van der Waals surface area contributed by atoms with Crippen molar-refractivity contribution in [1.82, 2.24) is 15.1 Å². The predicted octanol–water partition coefficient (Wildman–Crippen LogP) is 2.14. The number of nitrogens with one attached hydrogen (secondary N) is 1. The normalized spacial score (nSPS) is 18.5. The molecule has 1 aromatic carbocycles. The molecule has 6 nitrogen and oxygen atoms in total. The quantitative estimate of drug-likeness (QED) is 0.670. The van der Waals surface area contributed by atoms with Gasteiger partial charge in [-0.2, -0.15) is 0 Å². The van der Waals surface area contributed by atoms with Crippen LogP contribution in [0, 0.1) is 5.92 Å². The van der Waals surface area contributed by atoms with Gasteiger partial charge in [0.1, 0.15) is 0 Å². The molecular formula is C21H33N3O3. The monoisotopic (exact) mass is 375 g/mol. The second kappa shape index (κ2) is 10.4. The molecule has 1 heterocycles. The lowest BCUT2D eigenvalue weighted by atomic mass is 10.1. The van der Waals surface area contributed by atoms with Crippen molar-refractivity contribution in [3.8, 4) is 0 Å². The number of hydrogen-bond acceptors (Lipinski definition) is 5. The predicted molar refractivity (Wildman–Crippen MR) is 107 cm³/mol. The Labute approximate surface area is 162 Å². The Morgan fingerprint density at radius 2 is 1.93 bits per heavy atom. The Hall–Kier alpha value is -1.92. The Kier molecular flexibility index (Phi) is 8.25. The van der Waals surface area contributed by atoms with Crippen LogP contribution in [-0.2, 0) is 16.1 Å². The van der Waals surface area contributed by atoms with Gasteiger partial charge < -0.3 is 15.0 Å². The molecule has 2 atom stereocenters. The Balaban J connectivity index is 1.79. The molecule has 1 fully saturated rings. The minimum absolute atomic E-state index is 0.0514. The van der Waals surface area contributed by atoms with Crippen LogP contribution in [0.5, 0.6) is 0 Å². The molecule has 6 heteroatoms. The van der Waals surface area contributed by atoms with Gasteiger partial charge in [-0.15, -0.1) is 0 Å². The van der Waals surface area contributed by atoms with E-state index in [2.05, 4.69) is 29.0 Å². The number of benzene rings is 1. The van der Waals surface area contributed by atoms with Gasteiger partial charge in [-0.05, 0) is 56.6 Å². The molecule has 1 N–H and O–H groups in total. The smallest absolute Gasteiger partial charge is 0.337 e. The van der Waals surface area contributed by atoms with Crippen molar-refractivity contribution in [3.05, 3.63) is 35.4 Å². The summed E-state index contributed by atoms with van der Waals surface area (Å²) in [7, 11) is 1.36. The first kappa shape index (κ1) is 21.4. The van der Waals surface area contributed by atoms with Gasteiger partial charge in [0.2, 0.25) is 5.91 Å². The van der Waals surface area contributed by atoms with Crippen molar-refractivity contribution in [1.29, 1.82) is 0 Å². The molecule has 27 heavy (non-hydrogen) atoms. The zero-order chi connectivity index (χ0) is 19.8. The third-order valence-electron chi connectivity index (χ3n) is 5.50. The van der Waals surface area contributed by atoms with Crippen molar-refractivity contribution in [3.63, 3.8) is 0 Å². The molecule has 0 spiro atoms. The number of nitrogens with zero attached hydrogens (tertiary/aromatic N) is 2. The van der Waals surface area contributed by atoms with Gasteiger partial charge in [-0.25, -0.2) is 4.79 Å². The average Bonchev–Trinajstić information content (AvgIpc) is 3.17. The van der Waals surface area contributed by atoms with Gasteiger partial charge in [-0.3, -0.25) is 9.69 Å². The van der Waals surface area contributed by atoms with Crippen LogP contribution in [0.2, 0.25) is 0 Å². The van der Waals surface area contributed by atoms with Gasteiger partial charge in [-0.1, -0.05) is 26.0 Å². The van der Waals surface area contributed by atoms with Crippen LogP contribution in [0.3, 0.4) is 0 Å². The topological polar surface area (TPSA) is 61.9 Å². The van der Waals surface area contributed by atoms with Crippen LogP contribution in [0.25, 0.3) is 0 Å². The van der Waals surface area contributed by atoms with Gasteiger partial charge in [0.25, 0.3) is 0 Å². The van der Waals surface area contributed by atoms with Gasteiger partial charge in [0.05, 0.1) is 18.7 Å². The summed E-state index contributed by atoms with van der Waals surface area (Å²) in [6.07, 6.45) is 1.16. The maximum atomic E-state index is 12.5. The molecular weight excluding hydrogens is 342 g/mol. The Bertz CT molecular complexity index is 614. The zero-order valence-electron chi connectivity index (χ0n) is 17.0. The van der Waals surface area contributed by atoms with Crippen molar-refractivity contribution in [2.45, 2.75) is 39.8 Å². The highest BCUT2D eigenvalue weighted by Crippen LogP contribution is 2.20. The number of esters is 1. The maximum Gasteiger partial charge on any atom is 0.337 e. The molecule has 0 aliphatic carbocycles. The van der Waals surface area contributed by atoms with Gasteiger partial charge in [0.15, 0.2) is 0 Å². The van der Waals surface area contributed by atoms with E-state index in [-0.39, 0.29) is 17.9 Å². The molecule has 1 aliphatic heterocycles. The third-order valence-corrected chi connectivity index (χ3v) is 5.50. The standard InChI is InChI=1S/C21H33N3O3/c1-5-23(6-2)14-18-11-12-24(15-18)16(3)20(25)22-13-17-7-9-19(10-8-17)21(26)27-4/h7-10,16,18H,5-6,11-15H2,1-4H3,(H,22,25)/t16-,18-/m1/s1. The molecule has 0 bridgehead atoms. The first-order chi connectivity index (χ1) is 13.0. The largest absolute Gasteiger partial charge is 0.465 e. The molecule has 0 radical (unpaired) electrons. The van der Waals surface area contributed by atoms with E-state index in [4.69, 9.17) is 4.74 Å². The molecule has 2 rings (SSSR count). The summed E-state index contributed by atoms with van der Waals surface area (Å²) in [6, 6.07) is 6.99. The number of hydrogen-bond donors (Lipinski definition) is 1. The highest BCUT2D eigenvalue weighted by molar-refractivity contribution is 5.89. The number of amides is 1. The van der Waals surface area contributed by atoms with E-state index in [1.807, 2.05) is 19.1 Å². The highest BCUT2D eigenvalue weighted by Gasteiger charge is 2.30. The summed E-state index contributed by atoms with van der Waals surface area (Å²) >= 11 is 0. The number of carbonyl (C=O) groups is 2. The molecule has 150 valence electrons. The molecule has 0 saturated carbocycles. The summed E-state index contributed by atoms with van der Waals surface area (Å²) in [5.41, 5.74) is 1.47. The lowest BCUT2D eigenvalue weighted by molar-refractivity contribution is -0.125. The van der Waals surface area contributed by atoms with Crippen LogP contribution >= 0.6 is 0 Å². The van der Waals surface area contributed by atoms with E-state index >= 15 is 0 Å². The molecule has 1 saturated heterocycles. The van der Waals surface area contributed by atoms with E-state index in [9.17, 15) is 9.59 Å². The molecule has 1 aromatic rings. The number of ether oxygens (including phenoxy) is 1. The second-order valence-electron chi connectivity index (χ2n) is 7.22. The fraction of sp³-hybridized carbons (Fsp3) is 0.619. The van der Waals surface area contributed by atoms with Crippen molar-refractivity contribution < 1.29 is 14.3 Å². The van der Waals surface area contributed by atoms with E-state index in [0.717, 1.165) is 44.7 Å². The fourth-order valence-corrected chi connectivity index (χ4v) is 3.59. The SMILES string of the molecule is CCN(CC)C[C@H]1CCN([C@H](C)C(=O)NCc2ccc(C(=O)OC)cc2)C1. The summed E-state index contributed by atoms with van der Waals surface area (Å²) in [5.74, 6) is 0.342. The number of carbonyl (C=O) groups excluding carboxylic acids is 2. The van der Waals surface area contributed by atoms with Crippen LogP contribution in [0.1, 0.15) is 43.1 Å². The third kappa shape index (κ3) is 6.04. The number of likely N-dealkylation sites (tertiary alicyclic amines) is 1. The molecule has 0 aromatic heterocycles. The first-order valence-corrected chi connectivity index (χ1v) is 9.89. The van der Waals surface area contributed by atoms with Crippen LogP contribution in [0.4, 0.5) is 0 Å². The first-order valence-electron chi connectivity index (χ1n) is 9.89. The van der Waals surface area contributed by atoms with E-state index < -0.39 is 0 Å². The lowest BCUT2D eigenvalue weighted by Gasteiger charge is -2.25. The van der Waals surface area contributed by atoms with Crippen LogP contribution < -0.4 is 5.32 Å². The lowest BCUT2D eigenvalue weighted by Crippen LogP contribution is -2.44. The number of rotatable bonds is 9. The van der Waals surface area contributed by atoms with Crippen molar-refractivity contribution >= 4 is 11.9 Å². The Morgan fingerprint density at radius 1 is 1.26 bits per heavy atom. The van der Waals surface area contributed by atoms with E-state index in [0.29, 0.717) is 18.0 Å². The minimum atomic E-state index is -0.354. The molecule has 0 unspecified atom stereocenters. The minimum Gasteiger partial charge on any atom is -0.465 e. The van der Waals surface area contributed by atoms with Gasteiger partial charge in [0, 0.05) is 19.6 Å². The summed E-state index contributed by atoms with van der Waals surface area (Å²) in [4.78, 5) is 28.7. The summed E-state index contributed by atoms with van der Waals surface area (Å²) in [6.45, 7) is 12.1.